The number of nitrogens with zero attached hydrogens (tertiary/aromatic N) is 1. The molecular weight excluding hydrogens is 394 g/mol. The highest BCUT2D eigenvalue weighted by molar-refractivity contribution is 9.10. The van der Waals surface area contributed by atoms with E-state index in [4.69, 9.17) is 5.26 Å². The minimum absolute atomic E-state index is 0.0682. The van der Waals surface area contributed by atoms with Crippen molar-refractivity contribution in [3.05, 3.63) is 58.6 Å². The molecule has 1 amide bonds. The Morgan fingerprint density at radius 3 is 2.42 bits per heavy atom. The average Bonchev–Trinajstić information content (AvgIpc) is 2.55. The molecule has 0 saturated heterocycles. The molecule has 0 bridgehead atoms. The smallest absolute Gasteiger partial charge is 0.242 e. The van der Waals surface area contributed by atoms with E-state index >= 15 is 0 Å². The van der Waals surface area contributed by atoms with Crippen LogP contribution in [0.5, 0.6) is 0 Å². The Morgan fingerprint density at radius 1 is 1.12 bits per heavy atom. The number of hydrogen-bond acceptors (Lipinski definition) is 4. The highest BCUT2D eigenvalue weighted by Crippen LogP contribution is 2.20. The highest BCUT2D eigenvalue weighted by Gasteiger charge is 2.18. The molecule has 0 saturated carbocycles. The van der Waals surface area contributed by atoms with Gasteiger partial charge in [-0.3, -0.25) is 4.79 Å². The number of halogens is 1. The third-order valence-corrected chi connectivity index (χ3v) is 5.48. The van der Waals surface area contributed by atoms with Gasteiger partial charge in [-0.05, 0) is 45.8 Å². The zero-order chi connectivity index (χ0) is 17.6. The van der Waals surface area contributed by atoms with Crippen molar-refractivity contribution in [3.63, 3.8) is 0 Å². The minimum Gasteiger partial charge on any atom is -0.325 e. The molecule has 0 atom stereocenters. The van der Waals surface area contributed by atoms with Crippen LogP contribution in [0.4, 0.5) is 5.69 Å². The van der Waals surface area contributed by atoms with Crippen LogP contribution in [-0.4, -0.2) is 20.9 Å². The zero-order valence-corrected chi connectivity index (χ0v) is 14.9. The van der Waals surface area contributed by atoms with Crippen molar-refractivity contribution in [2.24, 2.45) is 0 Å². The largest absolute Gasteiger partial charge is 0.325 e. The van der Waals surface area contributed by atoms with Crippen LogP contribution in [0.2, 0.25) is 0 Å². The second-order valence-electron chi connectivity index (χ2n) is 4.83. The van der Waals surface area contributed by atoms with Crippen LogP contribution in [0.3, 0.4) is 0 Å². The van der Waals surface area contributed by atoms with Crippen molar-refractivity contribution in [1.82, 2.24) is 4.72 Å². The molecule has 0 aliphatic rings. The van der Waals surface area contributed by atoms with Gasteiger partial charge in [0.25, 0.3) is 0 Å². The summed E-state index contributed by atoms with van der Waals surface area (Å²) in [5.41, 5.74) is 1.37. The van der Waals surface area contributed by atoms with Crippen molar-refractivity contribution in [3.8, 4) is 6.07 Å². The molecule has 0 aromatic heterocycles. The number of rotatable bonds is 6. The van der Waals surface area contributed by atoms with Gasteiger partial charge in [-0.1, -0.05) is 24.3 Å². The van der Waals surface area contributed by atoms with E-state index in [9.17, 15) is 13.2 Å². The summed E-state index contributed by atoms with van der Waals surface area (Å²) in [4.78, 5) is 12.0. The zero-order valence-electron chi connectivity index (χ0n) is 12.5. The molecule has 0 spiro atoms. The Morgan fingerprint density at radius 2 is 1.79 bits per heavy atom. The lowest BCUT2D eigenvalue weighted by atomic mass is 10.1. The Bertz CT molecular complexity index is 874. The first-order valence-corrected chi connectivity index (χ1v) is 9.20. The van der Waals surface area contributed by atoms with Gasteiger partial charge in [-0.25, -0.2) is 13.1 Å². The monoisotopic (exact) mass is 407 g/mol. The fourth-order valence-corrected chi connectivity index (χ4v) is 3.89. The second kappa shape index (κ2) is 8.06. The molecule has 24 heavy (non-hydrogen) atoms. The van der Waals surface area contributed by atoms with Gasteiger partial charge in [0.05, 0.1) is 23.9 Å². The van der Waals surface area contributed by atoms with E-state index in [0.29, 0.717) is 16.6 Å². The van der Waals surface area contributed by atoms with Crippen molar-refractivity contribution in [2.45, 2.75) is 11.3 Å². The topological polar surface area (TPSA) is 99.1 Å². The third-order valence-electron chi connectivity index (χ3n) is 3.07. The highest BCUT2D eigenvalue weighted by atomic mass is 79.9. The van der Waals surface area contributed by atoms with E-state index in [1.165, 1.54) is 6.07 Å². The van der Waals surface area contributed by atoms with Gasteiger partial charge in [-0.15, -0.1) is 0 Å². The van der Waals surface area contributed by atoms with Gasteiger partial charge in [-0.2, -0.15) is 5.26 Å². The molecule has 0 unspecified atom stereocenters. The predicted octanol–water partition coefficient (Wildman–Crippen LogP) is 2.43. The van der Waals surface area contributed by atoms with Crippen LogP contribution in [0.15, 0.2) is 57.9 Å². The molecular formula is C16H14BrN3O3S. The van der Waals surface area contributed by atoms with Crippen LogP contribution in [-0.2, 0) is 21.2 Å². The van der Waals surface area contributed by atoms with E-state index < -0.39 is 15.9 Å². The van der Waals surface area contributed by atoms with Gasteiger partial charge in [0.1, 0.15) is 0 Å². The summed E-state index contributed by atoms with van der Waals surface area (Å²) in [6.45, 7) is -0.385. The number of amides is 1. The number of hydrogen-bond donors (Lipinski definition) is 2. The number of anilines is 1. The van der Waals surface area contributed by atoms with E-state index in [1.807, 2.05) is 6.07 Å². The Kier molecular flexibility index (Phi) is 6.09. The fourth-order valence-electron chi connectivity index (χ4n) is 1.90. The molecule has 2 aromatic rings. The van der Waals surface area contributed by atoms with E-state index in [1.54, 1.807) is 42.5 Å². The van der Waals surface area contributed by atoms with Crippen LogP contribution < -0.4 is 10.0 Å². The summed E-state index contributed by atoms with van der Waals surface area (Å²) < 4.78 is 27.0. The Balaban J connectivity index is 1.96. The SMILES string of the molecule is N#CCc1ccc(NC(=O)CNS(=O)(=O)c2ccccc2Br)cc1. The summed E-state index contributed by atoms with van der Waals surface area (Å²) in [5, 5.41) is 11.2. The fraction of sp³-hybridized carbons (Fsp3) is 0.125. The van der Waals surface area contributed by atoms with Crippen LogP contribution in [0.25, 0.3) is 0 Å². The van der Waals surface area contributed by atoms with E-state index in [-0.39, 0.29) is 11.4 Å². The summed E-state index contributed by atoms with van der Waals surface area (Å²) >= 11 is 3.17. The first-order valence-electron chi connectivity index (χ1n) is 6.92. The first kappa shape index (κ1) is 18.1. The van der Waals surface area contributed by atoms with Gasteiger partial charge >= 0.3 is 0 Å². The molecule has 2 N–H and O–H groups in total. The number of benzene rings is 2. The number of sulfonamides is 1. The predicted molar refractivity (Wildman–Crippen MR) is 93.7 cm³/mol. The molecule has 0 heterocycles. The molecule has 6 nitrogen and oxygen atoms in total. The molecule has 0 aliphatic heterocycles. The summed E-state index contributed by atoms with van der Waals surface area (Å²) in [6.07, 6.45) is 0.292. The lowest BCUT2D eigenvalue weighted by Gasteiger charge is -2.09. The molecule has 2 aromatic carbocycles. The van der Waals surface area contributed by atoms with Gasteiger partial charge < -0.3 is 5.32 Å². The number of nitrogens with one attached hydrogen (secondary N) is 2. The number of carbonyl (C=O) groups is 1. The summed E-state index contributed by atoms with van der Waals surface area (Å²) in [7, 11) is -3.79. The van der Waals surface area contributed by atoms with Crippen molar-refractivity contribution in [1.29, 1.82) is 5.26 Å². The maximum absolute atomic E-state index is 12.2. The molecule has 0 aliphatic carbocycles. The van der Waals surface area contributed by atoms with Crippen molar-refractivity contribution >= 4 is 37.5 Å². The normalized spacial score (nSPS) is 10.8. The van der Waals surface area contributed by atoms with Crippen LogP contribution >= 0.6 is 15.9 Å². The minimum atomic E-state index is -3.79. The standard InChI is InChI=1S/C16H14BrN3O3S/c17-14-3-1-2-4-15(14)24(22,23)19-11-16(21)20-13-7-5-12(6-8-13)9-10-18/h1-8,19H,9,11H2,(H,20,21). The van der Waals surface area contributed by atoms with Crippen LogP contribution in [0, 0.1) is 11.3 Å². The molecule has 2 rings (SSSR count). The molecule has 8 heteroatoms. The first-order chi connectivity index (χ1) is 11.4. The lowest BCUT2D eigenvalue weighted by Crippen LogP contribution is -2.33. The summed E-state index contributed by atoms with van der Waals surface area (Å²) in [6, 6.07) is 15.2. The van der Waals surface area contributed by atoms with Gasteiger partial charge in [0.15, 0.2) is 0 Å². The molecule has 0 fully saturated rings. The maximum atomic E-state index is 12.2. The third kappa shape index (κ3) is 4.89. The summed E-state index contributed by atoms with van der Waals surface area (Å²) in [5.74, 6) is -0.487. The van der Waals surface area contributed by atoms with Crippen molar-refractivity contribution < 1.29 is 13.2 Å². The molecule has 0 radical (unpaired) electrons. The Hall–Kier alpha value is -2.21. The van der Waals surface area contributed by atoms with E-state index in [2.05, 4.69) is 26.0 Å². The van der Waals surface area contributed by atoms with Gasteiger partial charge in [0, 0.05) is 10.2 Å². The van der Waals surface area contributed by atoms with Gasteiger partial charge in [0.2, 0.25) is 15.9 Å². The molecule has 124 valence electrons. The lowest BCUT2D eigenvalue weighted by molar-refractivity contribution is -0.115. The maximum Gasteiger partial charge on any atom is 0.242 e. The van der Waals surface area contributed by atoms with Crippen LogP contribution in [0.1, 0.15) is 5.56 Å². The number of nitriles is 1. The number of carbonyl (C=O) groups excluding carboxylic acids is 1. The average molecular weight is 408 g/mol. The van der Waals surface area contributed by atoms with E-state index in [0.717, 1.165) is 5.56 Å². The Labute approximate surface area is 148 Å². The quantitative estimate of drug-likeness (QED) is 0.767. The van der Waals surface area contributed by atoms with Crippen molar-refractivity contribution in [2.75, 3.05) is 11.9 Å². The second-order valence-corrected chi connectivity index (χ2v) is 7.42.